The molecule has 0 amide bonds. The fourth-order valence-corrected chi connectivity index (χ4v) is 3.67. The fraction of sp³-hybridized carbons (Fsp3) is 0.214. The molecule has 20 heavy (non-hydrogen) atoms. The summed E-state index contributed by atoms with van der Waals surface area (Å²) in [5, 5.41) is 4.58. The van der Waals surface area contributed by atoms with Crippen molar-refractivity contribution in [3.8, 4) is 0 Å². The molecule has 106 valence electrons. The van der Waals surface area contributed by atoms with Crippen molar-refractivity contribution in [2.24, 2.45) is 0 Å². The lowest BCUT2D eigenvalue weighted by molar-refractivity contribution is 0.573. The molecule has 0 radical (unpaired) electrons. The first kappa shape index (κ1) is 16.2. The molecule has 0 aliphatic rings. The van der Waals surface area contributed by atoms with Crippen LogP contribution in [0.4, 0.5) is 0 Å². The molecule has 1 unspecified atom stereocenters. The van der Waals surface area contributed by atoms with Gasteiger partial charge in [0, 0.05) is 25.2 Å². The van der Waals surface area contributed by atoms with Crippen LogP contribution in [0.5, 0.6) is 0 Å². The number of benzene rings is 1. The number of rotatable bonds is 4. The van der Waals surface area contributed by atoms with Gasteiger partial charge in [0.2, 0.25) is 0 Å². The number of halogens is 4. The standard InChI is InChI=1S/C14H12Br2Cl2N2/c1-19-13(14-11(16)5-9(15)7-20-14)4-8-2-3-10(17)6-12(8)18/h2-3,5-7,13,19H,4H2,1H3. The van der Waals surface area contributed by atoms with Gasteiger partial charge >= 0.3 is 0 Å². The van der Waals surface area contributed by atoms with Gasteiger partial charge in [0.25, 0.3) is 0 Å². The van der Waals surface area contributed by atoms with Gasteiger partial charge in [-0.3, -0.25) is 4.98 Å². The molecule has 0 saturated carbocycles. The van der Waals surface area contributed by atoms with Crippen LogP contribution in [0.15, 0.2) is 39.4 Å². The first-order valence-corrected chi connectivity index (χ1v) is 8.27. The molecule has 0 spiro atoms. The molecule has 1 atom stereocenters. The van der Waals surface area contributed by atoms with Gasteiger partial charge in [-0.05, 0) is 69.1 Å². The van der Waals surface area contributed by atoms with Crippen LogP contribution in [-0.2, 0) is 6.42 Å². The van der Waals surface area contributed by atoms with Crippen LogP contribution in [0.25, 0.3) is 0 Å². The predicted octanol–water partition coefficient (Wildman–Crippen LogP) is 5.42. The SMILES string of the molecule is CNC(Cc1ccc(Cl)cc1Cl)c1ncc(Br)cc1Br. The van der Waals surface area contributed by atoms with Gasteiger partial charge in [-0.2, -0.15) is 0 Å². The van der Waals surface area contributed by atoms with E-state index in [4.69, 9.17) is 23.2 Å². The zero-order valence-corrected chi connectivity index (χ0v) is 15.3. The number of hydrogen-bond acceptors (Lipinski definition) is 2. The third kappa shape index (κ3) is 3.95. The van der Waals surface area contributed by atoms with E-state index in [0.29, 0.717) is 10.0 Å². The second kappa shape index (κ2) is 7.23. The van der Waals surface area contributed by atoms with Gasteiger partial charge in [-0.15, -0.1) is 0 Å². The van der Waals surface area contributed by atoms with Crippen molar-refractivity contribution in [1.82, 2.24) is 10.3 Å². The molecule has 2 rings (SSSR count). The lowest BCUT2D eigenvalue weighted by Gasteiger charge is -2.18. The fourth-order valence-electron chi connectivity index (χ4n) is 1.92. The van der Waals surface area contributed by atoms with Crippen LogP contribution >= 0.6 is 55.1 Å². The highest BCUT2D eigenvalue weighted by molar-refractivity contribution is 9.11. The van der Waals surface area contributed by atoms with Gasteiger partial charge in [-0.1, -0.05) is 29.3 Å². The molecule has 1 aromatic heterocycles. The first-order chi connectivity index (χ1) is 9.51. The minimum atomic E-state index is 0.0659. The second-order valence-corrected chi connectivity index (χ2v) is 6.92. The summed E-state index contributed by atoms with van der Waals surface area (Å²) < 4.78 is 1.89. The molecule has 0 aliphatic heterocycles. The number of aromatic nitrogens is 1. The molecular formula is C14H12Br2Cl2N2. The Morgan fingerprint density at radius 1 is 1.25 bits per heavy atom. The van der Waals surface area contributed by atoms with E-state index in [0.717, 1.165) is 26.6 Å². The Bertz CT molecular complexity index is 620. The predicted molar refractivity (Wildman–Crippen MR) is 91.6 cm³/mol. The van der Waals surface area contributed by atoms with Crippen LogP contribution in [-0.4, -0.2) is 12.0 Å². The summed E-state index contributed by atoms with van der Waals surface area (Å²) >= 11 is 19.1. The van der Waals surface area contributed by atoms with Crippen molar-refractivity contribution in [1.29, 1.82) is 0 Å². The summed E-state index contributed by atoms with van der Waals surface area (Å²) in [6.45, 7) is 0. The van der Waals surface area contributed by atoms with E-state index in [-0.39, 0.29) is 6.04 Å². The lowest BCUT2D eigenvalue weighted by Crippen LogP contribution is -2.20. The second-order valence-electron chi connectivity index (χ2n) is 4.30. The molecule has 6 heteroatoms. The minimum Gasteiger partial charge on any atom is -0.311 e. The first-order valence-electron chi connectivity index (χ1n) is 5.93. The summed E-state index contributed by atoms with van der Waals surface area (Å²) in [4.78, 5) is 4.47. The molecule has 1 aromatic carbocycles. The zero-order valence-electron chi connectivity index (χ0n) is 10.6. The molecule has 0 fully saturated rings. The highest BCUT2D eigenvalue weighted by Crippen LogP contribution is 2.29. The average Bonchev–Trinajstić information content (AvgIpc) is 2.39. The number of hydrogen-bond donors (Lipinski definition) is 1. The number of likely N-dealkylation sites (N-methyl/N-ethyl adjacent to an activating group) is 1. The monoisotopic (exact) mass is 436 g/mol. The number of nitrogens with one attached hydrogen (secondary N) is 1. The third-order valence-corrected chi connectivity index (χ3v) is 4.61. The third-order valence-electron chi connectivity index (χ3n) is 2.95. The maximum atomic E-state index is 6.23. The van der Waals surface area contributed by atoms with E-state index in [9.17, 15) is 0 Å². The number of nitrogens with zero attached hydrogens (tertiary/aromatic N) is 1. The average molecular weight is 439 g/mol. The Morgan fingerprint density at radius 2 is 2.00 bits per heavy atom. The number of pyridine rings is 1. The van der Waals surface area contributed by atoms with Gasteiger partial charge in [0.15, 0.2) is 0 Å². The molecular weight excluding hydrogens is 427 g/mol. The largest absolute Gasteiger partial charge is 0.311 e. The summed E-state index contributed by atoms with van der Waals surface area (Å²) in [5.41, 5.74) is 1.98. The molecule has 2 aromatic rings. The highest BCUT2D eigenvalue weighted by atomic mass is 79.9. The summed E-state index contributed by atoms with van der Waals surface area (Å²) in [6, 6.07) is 7.60. The smallest absolute Gasteiger partial charge is 0.0719 e. The Labute approximate surface area is 145 Å². The normalized spacial score (nSPS) is 12.4. The van der Waals surface area contributed by atoms with Gasteiger partial charge < -0.3 is 5.32 Å². The lowest BCUT2D eigenvalue weighted by atomic mass is 10.0. The van der Waals surface area contributed by atoms with Crippen molar-refractivity contribution >= 4 is 55.1 Å². The zero-order chi connectivity index (χ0) is 14.7. The quantitative estimate of drug-likeness (QED) is 0.689. The van der Waals surface area contributed by atoms with E-state index in [1.165, 1.54) is 0 Å². The Morgan fingerprint density at radius 3 is 2.60 bits per heavy atom. The molecule has 1 heterocycles. The Hall–Kier alpha value is -0.130. The van der Waals surface area contributed by atoms with E-state index in [1.54, 1.807) is 12.3 Å². The van der Waals surface area contributed by atoms with E-state index in [2.05, 4.69) is 42.2 Å². The summed E-state index contributed by atoms with van der Waals surface area (Å²) in [7, 11) is 1.91. The highest BCUT2D eigenvalue weighted by Gasteiger charge is 2.16. The Balaban J connectivity index is 2.28. The van der Waals surface area contributed by atoms with Crippen LogP contribution in [0, 0.1) is 0 Å². The van der Waals surface area contributed by atoms with Crippen LogP contribution < -0.4 is 5.32 Å². The van der Waals surface area contributed by atoms with Crippen molar-refractivity contribution in [2.45, 2.75) is 12.5 Å². The minimum absolute atomic E-state index is 0.0659. The molecule has 2 nitrogen and oxygen atoms in total. The van der Waals surface area contributed by atoms with Crippen molar-refractivity contribution < 1.29 is 0 Å². The van der Waals surface area contributed by atoms with Gasteiger partial charge in [0.1, 0.15) is 0 Å². The molecule has 1 N–H and O–H groups in total. The van der Waals surface area contributed by atoms with E-state index >= 15 is 0 Å². The van der Waals surface area contributed by atoms with E-state index in [1.807, 2.05) is 25.2 Å². The summed E-state index contributed by atoms with van der Waals surface area (Å²) in [6.07, 6.45) is 2.52. The molecule has 0 aliphatic carbocycles. The van der Waals surface area contributed by atoms with Crippen LogP contribution in [0.2, 0.25) is 10.0 Å². The molecule has 0 bridgehead atoms. The van der Waals surface area contributed by atoms with Crippen molar-refractivity contribution in [2.75, 3.05) is 7.05 Å². The topological polar surface area (TPSA) is 24.9 Å². The van der Waals surface area contributed by atoms with Crippen LogP contribution in [0.3, 0.4) is 0 Å². The summed E-state index contributed by atoms with van der Waals surface area (Å²) in [5.74, 6) is 0. The maximum Gasteiger partial charge on any atom is 0.0719 e. The van der Waals surface area contributed by atoms with Crippen molar-refractivity contribution in [3.05, 3.63) is 60.7 Å². The van der Waals surface area contributed by atoms with Gasteiger partial charge in [0.05, 0.1) is 11.7 Å². The van der Waals surface area contributed by atoms with Gasteiger partial charge in [-0.25, -0.2) is 0 Å². The van der Waals surface area contributed by atoms with Crippen LogP contribution in [0.1, 0.15) is 17.3 Å². The Kier molecular flexibility index (Phi) is 5.87. The maximum absolute atomic E-state index is 6.23. The molecule has 0 saturated heterocycles. The van der Waals surface area contributed by atoms with E-state index < -0.39 is 0 Å². The van der Waals surface area contributed by atoms with Crippen molar-refractivity contribution in [3.63, 3.8) is 0 Å².